The second-order valence-corrected chi connectivity index (χ2v) is 8.32. The van der Waals surface area contributed by atoms with Gasteiger partial charge in [-0.1, -0.05) is 28.1 Å². The van der Waals surface area contributed by atoms with E-state index in [2.05, 4.69) is 31.4 Å². The lowest BCUT2D eigenvalue weighted by Gasteiger charge is -2.05. The Bertz CT molecular complexity index is 1350. The van der Waals surface area contributed by atoms with Gasteiger partial charge in [0.25, 0.3) is 5.56 Å². The first-order chi connectivity index (χ1) is 13.8. The van der Waals surface area contributed by atoms with Crippen molar-refractivity contribution in [1.29, 1.82) is 0 Å². The number of aromatic amines is 1. The summed E-state index contributed by atoms with van der Waals surface area (Å²) in [5.41, 5.74) is 1.51. The molecule has 0 saturated carbocycles. The fraction of sp³-hybridized carbons (Fsp3) is 0.158. The lowest BCUT2D eigenvalue weighted by Crippen LogP contribution is -2.36. The normalized spacial score (nSPS) is 11.1. The monoisotopic (exact) mass is 473 g/mol. The van der Waals surface area contributed by atoms with Gasteiger partial charge in [-0.05, 0) is 28.6 Å². The lowest BCUT2D eigenvalue weighted by molar-refractivity contribution is -0.115. The molecule has 148 valence electrons. The molecule has 0 aliphatic heterocycles. The number of H-pyrrole nitrogens is 1. The molecule has 0 atom stereocenters. The molecular weight excluding hydrogens is 458 g/mol. The molecule has 29 heavy (non-hydrogen) atoms. The van der Waals surface area contributed by atoms with Gasteiger partial charge in [-0.2, -0.15) is 5.10 Å². The Hall–Kier alpha value is -2.98. The van der Waals surface area contributed by atoms with Crippen molar-refractivity contribution in [3.63, 3.8) is 0 Å². The van der Waals surface area contributed by atoms with Gasteiger partial charge in [0.15, 0.2) is 5.82 Å². The molecule has 10 heteroatoms. The number of halogens is 1. The van der Waals surface area contributed by atoms with Gasteiger partial charge in [0.1, 0.15) is 4.83 Å². The van der Waals surface area contributed by atoms with E-state index in [0.717, 1.165) is 20.3 Å². The van der Waals surface area contributed by atoms with E-state index in [1.807, 2.05) is 24.3 Å². The highest BCUT2D eigenvalue weighted by Crippen LogP contribution is 2.24. The summed E-state index contributed by atoms with van der Waals surface area (Å²) in [5.74, 6) is 0.0993. The SMILES string of the molecule is Cn1c(=O)c2c(CC(=O)Nc3cc(-c4ccc(Br)cc4)[nH]n3)csc2n(C)c1=O. The van der Waals surface area contributed by atoms with Gasteiger partial charge in [-0.25, -0.2) is 4.79 Å². The van der Waals surface area contributed by atoms with E-state index in [1.54, 1.807) is 18.5 Å². The number of carbonyl (C=O) groups is 1. The number of thiophene rings is 1. The van der Waals surface area contributed by atoms with E-state index in [4.69, 9.17) is 0 Å². The van der Waals surface area contributed by atoms with Gasteiger partial charge < -0.3 is 5.32 Å². The number of anilines is 1. The Morgan fingerprint density at radius 2 is 1.93 bits per heavy atom. The minimum Gasteiger partial charge on any atom is -0.309 e. The lowest BCUT2D eigenvalue weighted by atomic mass is 10.1. The Kier molecular flexibility index (Phi) is 4.97. The molecule has 1 amide bonds. The van der Waals surface area contributed by atoms with Crippen molar-refractivity contribution in [3.05, 3.63) is 66.6 Å². The minimum absolute atomic E-state index is 0.00786. The third kappa shape index (κ3) is 3.56. The molecule has 4 aromatic rings. The molecular formula is C19H16BrN5O3S. The van der Waals surface area contributed by atoms with Crippen molar-refractivity contribution >= 4 is 49.2 Å². The quantitative estimate of drug-likeness (QED) is 0.475. The number of aryl methyl sites for hydroxylation is 1. The van der Waals surface area contributed by atoms with Crippen LogP contribution in [-0.2, 0) is 25.3 Å². The zero-order valence-corrected chi connectivity index (χ0v) is 17.9. The smallest absolute Gasteiger partial charge is 0.309 e. The van der Waals surface area contributed by atoms with Crippen LogP contribution in [0.2, 0.25) is 0 Å². The molecule has 0 spiro atoms. The Labute approximate surface area is 176 Å². The molecule has 3 aromatic heterocycles. The third-order valence-corrected chi connectivity index (χ3v) is 6.23. The highest BCUT2D eigenvalue weighted by molar-refractivity contribution is 9.10. The number of nitrogens with zero attached hydrogens (tertiary/aromatic N) is 3. The molecule has 0 aliphatic rings. The maximum absolute atomic E-state index is 12.5. The number of nitrogens with one attached hydrogen (secondary N) is 2. The largest absolute Gasteiger partial charge is 0.331 e. The highest BCUT2D eigenvalue weighted by Gasteiger charge is 2.17. The van der Waals surface area contributed by atoms with Gasteiger partial charge >= 0.3 is 5.69 Å². The molecule has 0 aliphatic carbocycles. The van der Waals surface area contributed by atoms with Crippen LogP contribution in [0.4, 0.5) is 5.82 Å². The zero-order chi connectivity index (χ0) is 20.7. The fourth-order valence-corrected chi connectivity index (χ4v) is 4.37. The van der Waals surface area contributed by atoms with Crippen LogP contribution in [0.3, 0.4) is 0 Å². The molecule has 8 nitrogen and oxygen atoms in total. The standard InChI is InChI=1S/C19H16BrN5O3S/c1-24-17(27)16-11(9-29-18(16)25(2)19(24)28)7-15(26)21-14-8-13(22-23-14)10-3-5-12(20)6-4-10/h3-6,8-9H,7H2,1-2H3,(H2,21,22,23,26). The van der Waals surface area contributed by atoms with Gasteiger partial charge in [0.05, 0.1) is 17.5 Å². The first-order valence-electron chi connectivity index (χ1n) is 8.62. The number of carbonyl (C=O) groups excluding carboxylic acids is 1. The molecule has 3 heterocycles. The van der Waals surface area contributed by atoms with Crippen LogP contribution in [0, 0.1) is 0 Å². The van der Waals surface area contributed by atoms with E-state index in [9.17, 15) is 14.4 Å². The maximum atomic E-state index is 12.5. The van der Waals surface area contributed by atoms with Gasteiger partial charge in [-0.15, -0.1) is 11.3 Å². The molecule has 0 fully saturated rings. The number of aromatic nitrogens is 4. The number of hydrogen-bond acceptors (Lipinski definition) is 5. The summed E-state index contributed by atoms with van der Waals surface area (Å²) in [6.45, 7) is 0. The van der Waals surface area contributed by atoms with Crippen molar-refractivity contribution in [2.24, 2.45) is 14.1 Å². The van der Waals surface area contributed by atoms with Crippen LogP contribution in [0.1, 0.15) is 5.56 Å². The first kappa shape index (κ1) is 19.3. The fourth-order valence-electron chi connectivity index (χ4n) is 3.08. The van der Waals surface area contributed by atoms with Gasteiger partial charge in [0.2, 0.25) is 5.91 Å². The molecule has 0 saturated heterocycles. The second-order valence-electron chi connectivity index (χ2n) is 6.55. The molecule has 4 rings (SSSR count). The summed E-state index contributed by atoms with van der Waals surface area (Å²) < 4.78 is 3.44. The number of amides is 1. The molecule has 1 aromatic carbocycles. The Morgan fingerprint density at radius 3 is 2.66 bits per heavy atom. The first-order valence-corrected chi connectivity index (χ1v) is 10.3. The number of fused-ring (bicyclic) bond motifs is 1. The van der Waals surface area contributed by atoms with Crippen LogP contribution < -0.4 is 16.6 Å². The summed E-state index contributed by atoms with van der Waals surface area (Å²) in [4.78, 5) is 37.6. The molecule has 2 N–H and O–H groups in total. The number of benzene rings is 1. The van der Waals surface area contributed by atoms with Crippen molar-refractivity contribution < 1.29 is 4.79 Å². The van der Waals surface area contributed by atoms with Crippen LogP contribution in [0.15, 0.2) is 49.8 Å². The summed E-state index contributed by atoms with van der Waals surface area (Å²) in [5, 5.41) is 11.9. The maximum Gasteiger partial charge on any atom is 0.331 e. The van der Waals surface area contributed by atoms with E-state index in [0.29, 0.717) is 21.6 Å². The van der Waals surface area contributed by atoms with Crippen LogP contribution in [0.25, 0.3) is 21.5 Å². The second kappa shape index (κ2) is 7.45. The predicted molar refractivity (Wildman–Crippen MR) is 116 cm³/mol. The predicted octanol–water partition coefficient (Wildman–Crippen LogP) is 2.63. The molecule has 0 unspecified atom stereocenters. The summed E-state index contributed by atoms with van der Waals surface area (Å²) >= 11 is 4.67. The van der Waals surface area contributed by atoms with Crippen LogP contribution in [0.5, 0.6) is 0 Å². The van der Waals surface area contributed by atoms with Crippen LogP contribution in [-0.4, -0.2) is 25.2 Å². The van der Waals surface area contributed by atoms with Crippen molar-refractivity contribution in [3.8, 4) is 11.3 Å². The highest BCUT2D eigenvalue weighted by atomic mass is 79.9. The Morgan fingerprint density at radius 1 is 1.21 bits per heavy atom. The number of rotatable bonds is 4. The van der Waals surface area contributed by atoms with Crippen molar-refractivity contribution in [2.75, 3.05) is 5.32 Å². The molecule has 0 bridgehead atoms. The average Bonchev–Trinajstić information content (AvgIpc) is 3.32. The third-order valence-electron chi connectivity index (χ3n) is 4.60. The summed E-state index contributed by atoms with van der Waals surface area (Å²) in [7, 11) is 3.04. The zero-order valence-electron chi connectivity index (χ0n) is 15.5. The molecule has 0 radical (unpaired) electrons. The summed E-state index contributed by atoms with van der Waals surface area (Å²) in [6, 6.07) is 9.45. The summed E-state index contributed by atoms with van der Waals surface area (Å²) in [6.07, 6.45) is 0.00786. The minimum atomic E-state index is -0.399. The van der Waals surface area contributed by atoms with Gasteiger partial charge in [0, 0.05) is 24.6 Å². The van der Waals surface area contributed by atoms with Crippen molar-refractivity contribution in [1.82, 2.24) is 19.3 Å². The number of hydrogen-bond donors (Lipinski definition) is 2. The van der Waals surface area contributed by atoms with E-state index in [-0.39, 0.29) is 12.3 Å². The average molecular weight is 474 g/mol. The van der Waals surface area contributed by atoms with Crippen LogP contribution >= 0.6 is 27.3 Å². The van der Waals surface area contributed by atoms with E-state index in [1.165, 1.54) is 23.0 Å². The van der Waals surface area contributed by atoms with Crippen molar-refractivity contribution in [2.45, 2.75) is 6.42 Å². The van der Waals surface area contributed by atoms with E-state index < -0.39 is 11.2 Å². The topological polar surface area (TPSA) is 102 Å². The van der Waals surface area contributed by atoms with E-state index >= 15 is 0 Å². The van der Waals surface area contributed by atoms with Gasteiger partial charge in [-0.3, -0.25) is 23.8 Å². The Balaban J connectivity index is 1.56.